The van der Waals surface area contributed by atoms with E-state index in [9.17, 15) is 0 Å². The van der Waals surface area contributed by atoms with E-state index in [1.54, 1.807) is 0 Å². The number of allylic oxidation sites excluding steroid dienone is 3. The SMILES string of the molecule is C1=CC(c2cccc(-c3cc(-c4ccccc4)c4oc5ccccc5c4c3)c2)CC=C1N(c1cccc(-c2ccccc2)c1)c1cccc(-c2ccccc2)c1. The third-order valence-corrected chi connectivity index (χ3v) is 11.0. The smallest absolute Gasteiger partial charge is 0.143 e. The normalized spacial score (nSPS) is 13.9. The summed E-state index contributed by atoms with van der Waals surface area (Å²) in [5, 5.41) is 2.28. The Bertz CT molecular complexity index is 2800. The molecule has 1 unspecified atom stereocenters. The molecule has 9 aromatic rings. The summed E-state index contributed by atoms with van der Waals surface area (Å²) in [6, 6.07) is 71.6. The minimum absolute atomic E-state index is 0.249. The second-order valence-corrected chi connectivity index (χ2v) is 14.5. The van der Waals surface area contributed by atoms with Crippen LogP contribution in [0.1, 0.15) is 17.9 Å². The lowest BCUT2D eigenvalue weighted by molar-refractivity contribution is 0.670. The van der Waals surface area contributed by atoms with Gasteiger partial charge in [-0.05, 0) is 99.5 Å². The van der Waals surface area contributed by atoms with Gasteiger partial charge in [0.25, 0.3) is 0 Å². The Labute approximate surface area is 327 Å². The summed E-state index contributed by atoms with van der Waals surface area (Å²) >= 11 is 0. The molecule has 0 spiro atoms. The van der Waals surface area contributed by atoms with Crippen molar-refractivity contribution in [2.75, 3.05) is 4.90 Å². The number of hydrogen-bond donors (Lipinski definition) is 0. The van der Waals surface area contributed by atoms with Crippen LogP contribution >= 0.6 is 0 Å². The number of para-hydroxylation sites is 1. The van der Waals surface area contributed by atoms with Crippen LogP contribution in [-0.4, -0.2) is 0 Å². The minimum Gasteiger partial charge on any atom is -0.455 e. The van der Waals surface area contributed by atoms with Crippen molar-refractivity contribution in [3.63, 3.8) is 0 Å². The van der Waals surface area contributed by atoms with Gasteiger partial charge in [0.05, 0.1) is 0 Å². The summed E-state index contributed by atoms with van der Waals surface area (Å²) in [6.45, 7) is 0. The lowest BCUT2D eigenvalue weighted by atomic mass is 9.88. The molecule has 0 radical (unpaired) electrons. The summed E-state index contributed by atoms with van der Waals surface area (Å²) < 4.78 is 6.48. The van der Waals surface area contributed by atoms with Crippen LogP contribution in [0.3, 0.4) is 0 Å². The van der Waals surface area contributed by atoms with Crippen LogP contribution < -0.4 is 4.90 Å². The van der Waals surface area contributed by atoms with Gasteiger partial charge in [-0.3, -0.25) is 0 Å². The first kappa shape index (κ1) is 33.4. The van der Waals surface area contributed by atoms with Gasteiger partial charge in [-0.1, -0.05) is 170 Å². The third kappa shape index (κ3) is 6.42. The van der Waals surface area contributed by atoms with Crippen LogP contribution in [0.15, 0.2) is 229 Å². The Kier molecular flexibility index (Phi) is 8.70. The zero-order chi connectivity index (χ0) is 37.3. The van der Waals surface area contributed by atoms with E-state index in [-0.39, 0.29) is 5.92 Å². The number of benzene rings is 8. The maximum absolute atomic E-state index is 6.48. The summed E-state index contributed by atoms with van der Waals surface area (Å²) in [6.07, 6.45) is 7.98. The fourth-order valence-electron chi connectivity index (χ4n) is 8.15. The number of furan rings is 1. The number of fused-ring (bicyclic) bond motifs is 3. The topological polar surface area (TPSA) is 16.4 Å². The highest BCUT2D eigenvalue weighted by atomic mass is 16.3. The first-order valence-electron chi connectivity index (χ1n) is 19.4. The Morgan fingerprint density at radius 2 is 0.982 bits per heavy atom. The van der Waals surface area contributed by atoms with E-state index in [0.717, 1.165) is 56.6 Å². The van der Waals surface area contributed by atoms with Crippen molar-refractivity contribution in [3.8, 4) is 44.5 Å². The molecule has 1 atom stereocenters. The van der Waals surface area contributed by atoms with Crippen molar-refractivity contribution in [1.82, 2.24) is 0 Å². The van der Waals surface area contributed by atoms with E-state index < -0.39 is 0 Å². The molecule has 1 heterocycles. The summed E-state index contributed by atoms with van der Waals surface area (Å²) in [4.78, 5) is 2.40. The lowest BCUT2D eigenvalue weighted by Gasteiger charge is -2.30. The van der Waals surface area contributed by atoms with E-state index >= 15 is 0 Å². The minimum atomic E-state index is 0.249. The molecule has 1 aliphatic rings. The van der Waals surface area contributed by atoms with Crippen LogP contribution in [-0.2, 0) is 0 Å². The Morgan fingerprint density at radius 3 is 1.61 bits per heavy atom. The van der Waals surface area contributed by atoms with Crippen LogP contribution in [0.25, 0.3) is 66.4 Å². The maximum Gasteiger partial charge on any atom is 0.143 e. The molecule has 0 N–H and O–H groups in total. The molecule has 0 saturated heterocycles. The number of nitrogens with zero attached hydrogens (tertiary/aromatic N) is 1. The predicted molar refractivity (Wildman–Crippen MR) is 235 cm³/mol. The van der Waals surface area contributed by atoms with E-state index in [1.165, 1.54) is 38.9 Å². The van der Waals surface area contributed by atoms with Crippen molar-refractivity contribution < 1.29 is 4.42 Å². The highest BCUT2D eigenvalue weighted by molar-refractivity contribution is 6.11. The van der Waals surface area contributed by atoms with E-state index in [2.05, 4.69) is 217 Å². The van der Waals surface area contributed by atoms with Crippen molar-refractivity contribution in [3.05, 3.63) is 230 Å². The highest BCUT2D eigenvalue weighted by Gasteiger charge is 2.21. The lowest BCUT2D eigenvalue weighted by Crippen LogP contribution is -2.17. The van der Waals surface area contributed by atoms with Crippen LogP contribution in [0.2, 0.25) is 0 Å². The molecule has 0 aliphatic heterocycles. The summed E-state index contributed by atoms with van der Waals surface area (Å²) in [7, 11) is 0. The van der Waals surface area contributed by atoms with E-state index in [0.29, 0.717) is 0 Å². The fraction of sp³-hybridized carbons (Fsp3) is 0.0370. The van der Waals surface area contributed by atoms with Crippen molar-refractivity contribution >= 4 is 33.3 Å². The largest absolute Gasteiger partial charge is 0.455 e. The van der Waals surface area contributed by atoms with Gasteiger partial charge in [-0.25, -0.2) is 0 Å². The molecular formula is C54H39NO. The molecule has 8 aromatic carbocycles. The molecule has 2 heteroatoms. The highest BCUT2D eigenvalue weighted by Crippen LogP contribution is 2.42. The standard InChI is InChI=1S/C54H39NO/c1-4-15-38(16-5-1)44-23-13-25-48(34-44)55(49-26-14-24-45(35-49)39-17-6-2-7-18-39)47-31-29-40(30-32-47)42-21-12-22-43(33-42)46-36-51(41-19-8-3-9-20-41)54-52(37-46)50-27-10-11-28-53(50)56-54/h1-29,31-37,40H,30H2. The van der Waals surface area contributed by atoms with Crippen LogP contribution in [0.4, 0.5) is 11.4 Å². The average Bonchev–Trinajstić information content (AvgIpc) is 3.66. The maximum atomic E-state index is 6.48. The molecule has 2 nitrogen and oxygen atoms in total. The molecule has 0 amide bonds. The Hall–Kier alpha value is -7.16. The van der Waals surface area contributed by atoms with Crippen molar-refractivity contribution in [2.45, 2.75) is 12.3 Å². The number of rotatable bonds is 8. The van der Waals surface area contributed by atoms with E-state index in [4.69, 9.17) is 4.42 Å². The Morgan fingerprint density at radius 1 is 0.429 bits per heavy atom. The molecule has 1 aromatic heterocycles. The average molecular weight is 718 g/mol. The molecule has 1 aliphatic carbocycles. The fourth-order valence-corrected chi connectivity index (χ4v) is 8.15. The van der Waals surface area contributed by atoms with Gasteiger partial charge in [-0.2, -0.15) is 0 Å². The third-order valence-electron chi connectivity index (χ3n) is 11.0. The van der Waals surface area contributed by atoms with Crippen molar-refractivity contribution in [1.29, 1.82) is 0 Å². The zero-order valence-corrected chi connectivity index (χ0v) is 30.9. The predicted octanol–water partition coefficient (Wildman–Crippen LogP) is 15.0. The molecule has 10 rings (SSSR count). The molecule has 0 saturated carbocycles. The van der Waals surface area contributed by atoms with Crippen LogP contribution in [0.5, 0.6) is 0 Å². The van der Waals surface area contributed by atoms with Gasteiger partial charge in [-0.15, -0.1) is 0 Å². The van der Waals surface area contributed by atoms with Gasteiger partial charge in [0, 0.05) is 39.3 Å². The van der Waals surface area contributed by atoms with Gasteiger partial charge < -0.3 is 9.32 Å². The summed E-state index contributed by atoms with van der Waals surface area (Å²) in [5.74, 6) is 0.249. The number of hydrogen-bond acceptors (Lipinski definition) is 2. The van der Waals surface area contributed by atoms with Gasteiger partial charge >= 0.3 is 0 Å². The van der Waals surface area contributed by atoms with Gasteiger partial charge in [0.15, 0.2) is 0 Å². The van der Waals surface area contributed by atoms with Crippen LogP contribution in [0, 0.1) is 0 Å². The first-order valence-corrected chi connectivity index (χ1v) is 19.4. The quantitative estimate of drug-likeness (QED) is 0.156. The number of anilines is 2. The molecule has 266 valence electrons. The monoisotopic (exact) mass is 717 g/mol. The zero-order valence-electron chi connectivity index (χ0n) is 30.9. The molecular weight excluding hydrogens is 679 g/mol. The second-order valence-electron chi connectivity index (χ2n) is 14.5. The Balaban J connectivity index is 1.01. The summed E-state index contributed by atoms with van der Waals surface area (Å²) in [5.41, 5.74) is 16.0. The second kappa shape index (κ2) is 14.6. The molecule has 0 fully saturated rings. The molecule has 0 bridgehead atoms. The van der Waals surface area contributed by atoms with Gasteiger partial charge in [0.2, 0.25) is 0 Å². The van der Waals surface area contributed by atoms with E-state index in [1.807, 2.05) is 6.07 Å². The first-order chi connectivity index (χ1) is 27.7. The van der Waals surface area contributed by atoms with Crippen molar-refractivity contribution in [2.24, 2.45) is 0 Å². The van der Waals surface area contributed by atoms with Gasteiger partial charge in [0.1, 0.15) is 11.2 Å². The molecule has 56 heavy (non-hydrogen) atoms.